The van der Waals surface area contributed by atoms with Gasteiger partial charge in [0.1, 0.15) is 0 Å². The lowest BCUT2D eigenvalue weighted by atomic mass is 10.1. The minimum Gasteiger partial charge on any atom is -0.332 e. The number of H-pyrrole nitrogens is 1. The van der Waals surface area contributed by atoms with Crippen molar-refractivity contribution in [2.75, 3.05) is 0 Å². The number of aromatic amines is 1. The molecule has 3 nitrogen and oxygen atoms in total. The van der Waals surface area contributed by atoms with E-state index < -0.39 is 0 Å². The average Bonchev–Trinajstić information content (AvgIpc) is 2.47. The monoisotopic (exact) mass is 316 g/mol. The van der Waals surface area contributed by atoms with E-state index in [2.05, 4.69) is 4.98 Å². The normalized spacial score (nSPS) is 12.5. The number of para-hydroxylation sites is 1. The zero-order chi connectivity index (χ0) is 15.0. The van der Waals surface area contributed by atoms with Crippen molar-refractivity contribution in [3.05, 3.63) is 74.2 Å². The van der Waals surface area contributed by atoms with Gasteiger partial charge in [0.25, 0.3) is 5.56 Å². The number of nitrogens with zero attached hydrogens (tertiary/aromatic N) is 1. The number of nitrogens with one attached hydrogen (secondary N) is 1. The first-order chi connectivity index (χ1) is 10.1. The van der Waals surface area contributed by atoms with Gasteiger partial charge in [-0.2, -0.15) is 0 Å². The highest BCUT2D eigenvalue weighted by Crippen LogP contribution is 2.25. The molecule has 0 saturated carbocycles. The van der Waals surface area contributed by atoms with E-state index in [9.17, 15) is 4.79 Å². The molecule has 3 rings (SSSR count). The second-order valence-corrected chi connectivity index (χ2v) is 5.64. The molecule has 0 fully saturated rings. The Hall–Kier alpha value is -1.91. The largest absolute Gasteiger partial charge is 0.332 e. The fourth-order valence-electron chi connectivity index (χ4n) is 2.48. The molecule has 1 N–H and O–H groups in total. The number of halogens is 1. The topological polar surface area (TPSA) is 37.8 Å². The highest BCUT2D eigenvalue weighted by molar-refractivity contribution is 7.71. The SMILES string of the molecule is CC(c1ccccc1Cl)n1c(=S)[nH]c2ccccc2c1=O. The van der Waals surface area contributed by atoms with Crippen molar-refractivity contribution >= 4 is 34.7 Å². The summed E-state index contributed by atoms with van der Waals surface area (Å²) >= 11 is 11.6. The molecule has 106 valence electrons. The number of benzene rings is 2. The lowest BCUT2D eigenvalue weighted by Crippen LogP contribution is -2.26. The Morgan fingerprint density at radius 1 is 1.14 bits per heavy atom. The first-order valence-electron chi connectivity index (χ1n) is 6.57. The van der Waals surface area contributed by atoms with Crippen LogP contribution in [0.1, 0.15) is 18.5 Å². The van der Waals surface area contributed by atoms with Gasteiger partial charge in [0.05, 0.1) is 16.9 Å². The molecule has 1 unspecified atom stereocenters. The maximum Gasteiger partial charge on any atom is 0.262 e. The lowest BCUT2D eigenvalue weighted by Gasteiger charge is -2.17. The minimum atomic E-state index is -0.237. The van der Waals surface area contributed by atoms with Crippen LogP contribution in [0.15, 0.2) is 53.3 Å². The van der Waals surface area contributed by atoms with Crippen molar-refractivity contribution in [3.8, 4) is 0 Å². The molecule has 0 aliphatic carbocycles. The summed E-state index contributed by atoms with van der Waals surface area (Å²) in [6.07, 6.45) is 0. The Morgan fingerprint density at radius 3 is 2.57 bits per heavy atom. The van der Waals surface area contributed by atoms with E-state index in [0.717, 1.165) is 11.1 Å². The lowest BCUT2D eigenvalue weighted by molar-refractivity contribution is 0.600. The molecule has 0 aliphatic rings. The Kier molecular flexibility index (Phi) is 3.66. The second-order valence-electron chi connectivity index (χ2n) is 4.85. The highest BCUT2D eigenvalue weighted by atomic mass is 35.5. The molecule has 2 aromatic carbocycles. The van der Waals surface area contributed by atoms with Crippen LogP contribution in [0.4, 0.5) is 0 Å². The zero-order valence-electron chi connectivity index (χ0n) is 11.3. The summed E-state index contributed by atoms with van der Waals surface area (Å²) in [6.45, 7) is 1.92. The first kappa shape index (κ1) is 14.0. The van der Waals surface area contributed by atoms with Gasteiger partial charge in [0.2, 0.25) is 0 Å². The summed E-state index contributed by atoms with van der Waals surface area (Å²) in [4.78, 5) is 15.8. The molecule has 0 aliphatic heterocycles. The van der Waals surface area contributed by atoms with E-state index in [1.807, 2.05) is 49.4 Å². The Balaban J connectivity index is 2.28. The van der Waals surface area contributed by atoms with E-state index in [1.165, 1.54) is 0 Å². The van der Waals surface area contributed by atoms with Gasteiger partial charge in [-0.05, 0) is 42.9 Å². The van der Waals surface area contributed by atoms with Crippen molar-refractivity contribution in [1.82, 2.24) is 9.55 Å². The van der Waals surface area contributed by atoms with Crippen LogP contribution in [0.2, 0.25) is 5.02 Å². The Bertz CT molecular complexity index is 929. The molecule has 1 atom stereocenters. The summed E-state index contributed by atoms with van der Waals surface area (Å²) in [7, 11) is 0. The summed E-state index contributed by atoms with van der Waals surface area (Å²) in [5.41, 5.74) is 1.51. The van der Waals surface area contributed by atoms with E-state index in [4.69, 9.17) is 23.8 Å². The molecule has 21 heavy (non-hydrogen) atoms. The van der Waals surface area contributed by atoms with Crippen LogP contribution < -0.4 is 5.56 Å². The van der Waals surface area contributed by atoms with Gasteiger partial charge in [0.15, 0.2) is 4.77 Å². The van der Waals surface area contributed by atoms with Crippen LogP contribution in [0.25, 0.3) is 10.9 Å². The van der Waals surface area contributed by atoms with Crippen LogP contribution in [0.3, 0.4) is 0 Å². The maximum absolute atomic E-state index is 12.7. The second kappa shape index (κ2) is 5.47. The fourth-order valence-corrected chi connectivity index (χ4v) is 3.13. The smallest absolute Gasteiger partial charge is 0.262 e. The molecule has 0 spiro atoms. The third kappa shape index (κ3) is 2.41. The van der Waals surface area contributed by atoms with Gasteiger partial charge in [-0.15, -0.1) is 0 Å². The standard InChI is InChI=1S/C16H13ClN2OS/c1-10(11-6-2-4-8-13(11)17)19-15(20)12-7-3-5-9-14(12)18-16(19)21/h2-10H,1H3,(H,18,21). The molecule has 0 radical (unpaired) electrons. The van der Waals surface area contributed by atoms with Crippen LogP contribution in [0.5, 0.6) is 0 Å². The molecule has 1 aromatic heterocycles. The minimum absolute atomic E-state index is 0.109. The predicted octanol–water partition coefficient (Wildman–Crippen LogP) is 4.32. The molecule has 0 bridgehead atoms. The Labute approximate surface area is 131 Å². The van der Waals surface area contributed by atoms with E-state index in [-0.39, 0.29) is 11.6 Å². The first-order valence-corrected chi connectivity index (χ1v) is 7.36. The molecule has 3 aromatic rings. The summed E-state index contributed by atoms with van der Waals surface area (Å²) < 4.78 is 1.96. The van der Waals surface area contributed by atoms with Crippen molar-refractivity contribution in [2.45, 2.75) is 13.0 Å². The highest BCUT2D eigenvalue weighted by Gasteiger charge is 2.15. The average molecular weight is 317 g/mol. The third-order valence-corrected chi connectivity index (χ3v) is 4.22. The summed E-state index contributed by atoms with van der Waals surface area (Å²) in [6, 6.07) is 14.6. The van der Waals surface area contributed by atoms with Gasteiger partial charge in [-0.3, -0.25) is 9.36 Å². The zero-order valence-corrected chi connectivity index (χ0v) is 12.9. The van der Waals surface area contributed by atoms with Crippen LogP contribution in [0, 0.1) is 4.77 Å². The van der Waals surface area contributed by atoms with Crippen molar-refractivity contribution in [3.63, 3.8) is 0 Å². The number of rotatable bonds is 2. The van der Waals surface area contributed by atoms with E-state index in [0.29, 0.717) is 15.2 Å². The summed E-state index contributed by atoms with van der Waals surface area (Å²) in [5, 5.41) is 1.24. The number of hydrogen-bond donors (Lipinski definition) is 1. The van der Waals surface area contributed by atoms with Crippen LogP contribution in [-0.2, 0) is 0 Å². The van der Waals surface area contributed by atoms with Crippen molar-refractivity contribution in [2.24, 2.45) is 0 Å². The van der Waals surface area contributed by atoms with E-state index >= 15 is 0 Å². The van der Waals surface area contributed by atoms with Crippen molar-refractivity contribution in [1.29, 1.82) is 0 Å². The van der Waals surface area contributed by atoms with Gasteiger partial charge in [0, 0.05) is 5.02 Å². The number of hydrogen-bond acceptors (Lipinski definition) is 2. The third-order valence-electron chi connectivity index (χ3n) is 3.58. The molecule has 0 saturated heterocycles. The molecular weight excluding hydrogens is 304 g/mol. The molecule has 1 heterocycles. The van der Waals surface area contributed by atoms with Gasteiger partial charge in [-0.1, -0.05) is 41.9 Å². The fraction of sp³-hybridized carbons (Fsp3) is 0.125. The van der Waals surface area contributed by atoms with E-state index in [1.54, 1.807) is 10.6 Å². The number of fused-ring (bicyclic) bond motifs is 1. The Morgan fingerprint density at radius 2 is 1.81 bits per heavy atom. The quantitative estimate of drug-likeness (QED) is 0.715. The number of aromatic nitrogens is 2. The van der Waals surface area contributed by atoms with Gasteiger partial charge < -0.3 is 4.98 Å². The van der Waals surface area contributed by atoms with Crippen LogP contribution >= 0.6 is 23.8 Å². The molecule has 0 amide bonds. The van der Waals surface area contributed by atoms with Gasteiger partial charge in [-0.25, -0.2) is 0 Å². The predicted molar refractivity (Wildman–Crippen MR) is 88.7 cm³/mol. The molecular formula is C16H13ClN2OS. The van der Waals surface area contributed by atoms with Crippen LogP contribution in [-0.4, -0.2) is 9.55 Å². The molecule has 5 heteroatoms. The maximum atomic E-state index is 12.7. The van der Waals surface area contributed by atoms with Gasteiger partial charge >= 0.3 is 0 Å². The summed E-state index contributed by atoms with van der Waals surface area (Å²) in [5.74, 6) is 0. The van der Waals surface area contributed by atoms with Crippen molar-refractivity contribution < 1.29 is 0 Å².